The highest BCUT2D eigenvalue weighted by Crippen LogP contribution is 2.46. The summed E-state index contributed by atoms with van der Waals surface area (Å²) >= 11 is 3.45. The van der Waals surface area contributed by atoms with Crippen molar-refractivity contribution in [2.24, 2.45) is 0 Å². The first-order chi connectivity index (χ1) is 12.9. The van der Waals surface area contributed by atoms with Crippen molar-refractivity contribution in [3.05, 3.63) is 74.6 Å². The van der Waals surface area contributed by atoms with Gasteiger partial charge in [0.1, 0.15) is 0 Å². The molecule has 3 aromatic rings. The Morgan fingerprint density at radius 1 is 1.11 bits per heavy atom. The Balaban J connectivity index is 1.76. The Hall–Kier alpha value is -2.47. The van der Waals surface area contributed by atoms with Crippen LogP contribution in [0.2, 0.25) is 0 Å². The van der Waals surface area contributed by atoms with Crippen LogP contribution in [-0.4, -0.2) is 15.7 Å². The third-order valence-electron chi connectivity index (χ3n) is 5.03. The zero-order valence-electron chi connectivity index (χ0n) is 15.2. The highest BCUT2D eigenvalue weighted by Gasteiger charge is 2.46. The summed E-state index contributed by atoms with van der Waals surface area (Å²) in [5, 5.41) is 8.67. The molecule has 1 saturated carbocycles. The van der Waals surface area contributed by atoms with Crippen LogP contribution >= 0.6 is 15.9 Å². The first-order valence-corrected chi connectivity index (χ1v) is 9.81. The van der Waals surface area contributed by atoms with Crippen molar-refractivity contribution >= 4 is 32.6 Å². The molecule has 1 fully saturated rings. The molecule has 138 valence electrons. The number of nitrogens with one attached hydrogen (secondary N) is 1. The zero-order valence-corrected chi connectivity index (χ0v) is 16.8. The highest BCUT2D eigenvalue weighted by atomic mass is 79.9. The van der Waals surface area contributed by atoms with E-state index in [1.165, 1.54) is 4.68 Å². The van der Waals surface area contributed by atoms with Crippen LogP contribution in [0.1, 0.15) is 48.8 Å². The molecule has 27 heavy (non-hydrogen) atoms. The van der Waals surface area contributed by atoms with E-state index < -0.39 is 0 Å². The topological polar surface area (TPSA) is 64.0 Å². The lowest BCUT2D eigenvalue weighted by atomic mass is 10.0. The summed E-state index contributed by atoms with van der Waals surface area (Å²) in [7, 11) is 0. The molecule has 0 radical (unpaired) electrons. The van der Waals surface area contributed by atoms with E-state index in [1.807, 2.05) is 44.2 Å². The number of benzene rings is 2. The summed E-state index contributed by atoms with van der Waals surface area (Å²) < 4.78 is 2.39. The first-order valence-electron chi connectivity index (χ1n) is 9.01. The summed E-state index contributed by atoms with van der Waals surface area (Å²) in [5.41, 5.74) is 0.855. The van der Waals surface area contributed by atoms with Crippen molar-refractivity contribution < 1.29 is 4.79 Å². The van der Waals surface area contributed by atoms with Crippen LogP contribution in [0.25, 0.3) is 10.8 Å². The van der Waals surface area contributed by atoms with Gasteiger partial charge in [0.25, 0.3) is 11.5 Å². The number of fused-ring (bicyclic) bond motifs is 1. The maximum atomic E-state index is 13.1. The van der Waals surface area contributed by atoms with E-state index in [1.54, 1.807) is 18.2 Å². The third kappa shape index (κ3) is 3.18. The van der Waals surface area contributed by atoms with E-state index in [-0.39, 0.29) is 23.0 Å². The number of carbonyl (C=O) groups excluding carboxylic acids is 1. The van der Waals surface area contributed by atoms with Crippen molar-refractivity contribution in [1.82, 2.24) is 15.1 Å². The number of aromatic nitrogens is 2. The van der Waals surface area contributed by atoms with Gasteiger partial charge in [-0.3, -0.25) is 9.59 Å². The minimum atomic E-state index is -0.348. The molecule has 1 heterocycles. The zero-order chi connectivity index (χ0) is 19.2. The molecule has 1 aliphatic carbocycles. The molecule has 0 atom stereocenters. The van der Waals surface area contributed by atoms with Crippen molar-refractivity contribution in [1.29, 1.82) is 0 Å². The predicted molar refractivity (Wildman–Crippen MR) is 109 cm³/mol. The molecule has 0 unspecified atom stereocenters. The quantitative estimate of drug-likeness (QED) is 0.682. The van der Waals surface area contributed by atoms with Gasteiger partial charge in [0.05, 0.1) is 17.0 Å². The predicted octanol–water partition coefficient (Wildman–Crippen LogP) is 4.16. The van der Waals surface area contributed by atoms with Gasteiger partial charge in [0.15, 0.2) is 5.69 Å². The summed E-state index contributed by atoms with van der Waals surface area (Å²) in [6.07, 6.45) is 1.78. The molecule has 1 amide bonds. The molecular weight excluding hydrogens is 406 g/mol. The second kappa shape index (κ2) is 6.60. The van der Waals surface area contributed by atoms with Gasteiger partial charge < -0.3 is 5.32 Å². The first kappa shape index (κ1) is 17.9. The van der Waals surface area contributed by atoms with Gasteiger partial charge in [-0.2, -0.15) is 5.10 Å². The fraction of sp³-hybridized carbons (Fsp3) is 0.286. The number of carbonyl (C=O) groups is 1. The Labute approximate surface area is 165 Å². The molecule has 0 bridgehead atoms. The van der Waals surface area contributed by atoms with Gasteiger partial charge >= 0.3 is 0 Å². The largest absolute Gasteiger partial charge is 0.341 e. The molecule has 0 aliphatic heterocycles. The van der Waals surface area contributed by atoms with Crippen LogP contribution in [0.5, 0.6) is 0 Å². The van der Waals surface area contributed by atoms with Crippen LogP contribution in [0.4, 0.5) is 0 Å². The minimum absolute atomic E-state index is 0.130. The number of nitrogens with zero attached hydrogens (tertiary/aromatic N) is 2. The molecule has 0 saturated heterocycles. The third-order valence-corrected chi connectivity index (χ3v) is 5.56. The van der Waals surface area contributed by atoms with Gasteiger partial charge in [0, 0.05) is 9.86 Å². The molecule has 2 aromatic carbocycles. The van der Waals surface area contributed by atoms with E-state index >= 15 is 0 Å². The Morgan fingerprint density at radius 2 is 1.74 bits per heavy atom. The standard InChI is InChI=1S/C21H20BrN3O2/c1-13(2)25-20(27)17-6-4-3-5-16(17)18(24-25)19(26)23-21(11-12-21)14-7-9-15(22)10-8-14/h3-10,13H,11-12H2,1-2H3,(H,23,26). The van der Waals surface area contributed by atoms with Crippen molar-refractivity contribution in [3.63, 3.8) is 0 Å². The number of halogens is 1. The summed E-state index contributed by atoms with van der Waals surface area (Å²) in [5.74, 6) is -0.249. The molecule has 1 aromatic heterocycles. The fourth-order valence-electron chi connectivity index (χ4n) is 3.38. The van der Waals surface area contributed by atoms with E-state index in [2.05, 4.69) is 26.3 Å². The van der Waals surface area contributed by atoms with Crippen LogP contribution < -0.4 is 10.9 Å². The van der Waals surface area contributed by atoms with Gasteiger partial charge in [-0.25, -0.2) is 4.68 Å². The molecule has 5 nitrogen and oxygen atoms in total. The molecule has 4 rings (SSSR count). The lowest BCUT2D eigenvalue weighted by Crippen LogP contribution is -2.37. The normalized spacial score (nSPS) is 15.1. The van der Waals surface area contributed by atoms with Crippen LogP contribution in [0, 0.1) is 0 Å². The number of amides is 1. The molecule has 1 aliphatic rings. The van der Waals surface area contributed by atoms with Gasteiger partial charge in [0.2, 0.25) is 0 Å². The lowest BCUT2D eigenvalue weighted by molar-refractivity contribution is 0.0925. The fourth-order valence-corrected chi connectivity index (χ4v) is 3.64. The lowest BCUT2D eigenvalue weighted by Gasteiger charge is -2.19. The summed E-state index contributed by atoms with van der Waals surface area (Å²) in [6.45, 7) is 3.77. The summed E-state index contributed by atoms with van der Waals surface area (Å²) in [6, 6.07) is 15.0. The monoisotopic (exact) mass is 425 g/mol. The van der Waals surface area contributed by atoms with E-state index in [0.29, 0.717) is 16.5 Å². The van der Waals surface area contributed by atoms with Crippen LogP contribution in [0.3, 0.4) is 0 Å². The Bertz CT molecular complexity index is 1080. The van der Waals surface area contributed by atoms with Crippen molar-refractivity contribution in [2.75, 3.05) is 0 Å². The van der Waals surface area contributed by atoms with Crippen molar-refractivity contribution in [3.8, 4) is 0 Å². The van der Waals surface area contributed by atoms with Gasteiger partial charge in [-0.05, 0) is 50.5 Å². The maximum absolute atomic E-state index is 13.1. The number of hydrogen-bond donors (Lipinski definition) is 1. The Morgan fingerprint density at radius 3 is 2.33 bits per heavy atom. The van der Waals surface area contributed by atoms with Crippen LogP contribution in [-0.2, 0) is 5.54 Å². The minimum Gasteiger partial charge on any atom is -0.341 e. The Kier molecular flexibility index (Phi) is 4.38. The SMILES string of the molecule is CC(C)n1nc(C(=O)NC2(c3ccc(Br)cc3)CC2)c2ccccc2c1=O. The summed E-state index contributed by atoms with van der Waals surface area (Å²) in [4.78, 5) is 25.8. The van der Waals surface area contributed by atoms with E-state index in [9.17, 15) is 9.59 Å². The average molecular weight is 426 g/mol. The van der Waals surface area contributed by atoms with Crippen LogP contribution in [0.15, 0.2) is 57.8 Å². The molecular formula is C21H20BrN3O2. The van der Waals surface area contributed by atoms with E-state index in [4.69, 9.17) is 0 Å². The molecule has 0 spiro atoms. The molecule has 1 N–H and O–H groups in total. The molecule has 6 heteroatoms. The highest BCUT2D eigenvalue weighted by molar-refractivity contribution is 9.10. The van der Waals surface area contributed by atoms with Crippen molar-refractivity contribution in [2.45, 2.75) is 38.3 Å². The second-order valence-electron chi connectivity index (χ2n) is 7.28. The second-order valence-corrected chi connectivity index (χ2v) is 8.20. The smallest absolute Gasteiger partial charge is 0.274 e. The maximum Gasteiger partial charge on any atom is 0.274 e. The number of hydrogen-bond acceptors (Lipinski definition) is 3. The number of rotatable bonds is 4. The average Bonchev–Trinajstić information content (AvgIpc) is 3.43. The van der Waals surface area contributed by atoms with Gasteiger partial charge in [-0.1, -0.05) is 46.3 Å². The van der Waals surface area contributed by atoms with Gasteiger partial charge in [-0.15, -0.1) is 0 Å². The van der Waals surface area contributed by atoms with E-state index in [0.717, 1.165) is 22.9 Å².